The fourth-order valence-corrected chi connectivity index (χ4v) is 2.56. The zero-order chi connectivity index (χ0) is 15.2. The van der Waals surface area contributed by atoms with Crippen LogP contribution in [0.15, 0.2) is 17.1 Å². The SMILES string of the molecule is COCCCn1cc(O)c(=O)cc1CN1CCN(C)CC1. The highest BCUT2D eigenvalue weighted by Gasteiger charge is 2.16. The van der Waals surface area contributed by atoms with Gasteiger partial charge in [-0.1, -0.05) is 0 Å². The maximum atomic E-state index is 11.7. The van der Waals surface area contributed by atoms with E-state index >= 15 is 0 Å². The number of aromatic hydroxyl groups is 1. The van der Waals surface area contributed by atoms with Crippen molar-refractivity contribution in [3.8, 4) is 5.75 Å². The molecule has 1 aliphatic rings. The molecule has 0 amide bonds. The highest BCUT2D eigenvalue weighted by molar-refractivity contribution is 5.20. The number of hydrogen-bond acceptors (Lipinski definition) is 5. The number of methoxy groups -OCH3 is 1. The maximum absolute atomic E-state index is 11.7. The van der Waals surface area contributed by atoms with Crippen molar-refractivity contribution in [1.29, 1.82) is 0 Å². The van der Waals surface area contributed by atoms with Crippen molar-refractivity contribution in [1.82, 2.24) is 14.4 Å². The molecule has 6 heteroatoms. The smallest absolute Gasteiger partial charge is 0.223 e. The van der Waals surface area contributed by atoms with Crippen LogP contribution in [0.5, 0.6) is 5.75 Å². The Morgan fingerprint density at radius 2 is 2.00 bits per heavy atom. The molecule has 2 heterocycles. The molecule has 1 saturated heterocycles. The summed E-state index contributed by atoms with van der Waals surface area (Å²) in [6.07, 6.45) is 2.40. The number of ether oxygens (including phenoxy) is 1. The van der Waals surface area contributed by atoms with Gasteiger partial charge in [-0.2, -0.15) is 0 Å². The Balaban J connectivity index is 2.08. The number of piperazine rings is 1. The van der Waals surface area contributed by atoms with Gasteiger partial charge >= 0.3 is 0 Å². The van der Waals surface area contributed by atoms with Crippen LogP contribution in [0.3, 0.4) is 0 Å². The van der Waals surface area contributed by atoms with Crippen LogP contribution >= 0.6 is 0 Å². The number of likely N-dealkylation sites (N-methyl/N-ethyl adjacent to an activating group) is 1. The van der Waals surface area contributed by atoms with Crippen LogP contribution in [0.1, 0.15) is 12.1 Å². The molecule has 0 bridgehead atoms. The molecule has 1 aromatic rings. The van der Waals surface area contributed by atoms with E-state index in [-0.39, 0.29) is 11.2 Å². The van der Waals surface area contributed by atoms with Gasteiger partial charge < -0.3 is 19.3 Å². The predicted octanol–water partition coefficient (Wildman–Crippen LogP) is 0.338. The van der Waals surface area contributed by atoms with Crippen LogP contribution in [0, 0.1) is 0 Å². The normalized spacial score (nSPS) is 17.2. The van der Waals surface area contributed by atoms with Crippen LogP contribution in [-0.2, 0) is 17.8 Å². The zero-order valence-electron chi connectivity index (χ0n) is 12.9. The van der Waals surface area contributed by atoms with Crippen molar-refractivity contribution < 1.29 is 9.84 Å². The van der Waals surface area contributed by atoms with E-state index in [4.69, 9.17) is 4.74 Å². The summed E-state index contributed by atoms with van der Waals surface area (Å²) in [6.45, 7) is 6.26. The lowest BCUT2D eigenvalue weighted by molar-refractivity contribution is 0.144. The van der Waals surface area contributed by atoms with Crippen LogP contribution < -0.4 is 5.43 Å². The van der Waals surface area contributed by atoms with Crippen molar-refractivity contribution in [2.24, 2.45) is 0 Å². The Morgan fingerprint density at radius 3 is 2.67 bits per heavy atom. The first-order chi connectivity index (χ1) is 10.1. The topological polar surface area (TPSA) is 57.9 Å². The lowest BCUT2D eigenvalue weighted by atomic mass is 10.2. The molecule has 1 aliphatic heterocycles. The van der Waals surface area contributed by atoms with Gasteiger partial charge in [0.2, 0.25) is 5.43 Å². The monoisotopic (exact) mass is 295 g/mol. The Hall–Kier alpha value is -1.37. The van der Waals surface area contributed by atoms with E-state index in [1.54, 1.807) is 19.4 Å². The van der Waals surface area contributed by atoms with Gasteiger partial charge in [0.1, 0.15) is 0 Å². The minimum absolute atomic E-state index is 0.186. The van der Waals surface area contributed by atoms with E-state index in [1.165, 1.54) is 0 Å². The molecule has 0 atom stereocenters. The van der Waals surface area contributed by atoms with Crippen molar-refractivity contribution in [2.45, 2.75) is 19.5 Å². The zero-order valence-corrected chi connectivity index (χ0v) is 12.9. The van der Waals surface area contributed by atoms with Gasteiger partial charge in [0.25, 0.3) is 0 Å². The third kappa shape index (κ3) is 4.56. The summed E-state index contributed by atoms with van der Waals surface area (Å²) in [6, 6.07) is 1.56. The predicted molar refractivity (Wildman–Crippen MR) is 81.6 cm³/mol. The summed E-state index contributed by atoms with van der Waals surface area (Å²) in [7, 11) is 3.80. The minimum atomic E-state index is -0.304. The number of aromatic nitrogens is 1. The molecule has 1 aromatic heterocycles. The summed E-state index contributed by atoms with van der Waals surface area (Å²) in [5.74, 6) is -0.186. The second kappa shape index (κ2) is 7.59. The van der Waals surface area contributed by atoms with Gasteiger partial charge in [-0.15, -0.1) is 0 Å². The molecule has 1 fully saturated rings. The highest BCUT2D eigenvalue weighted by Crippen LogP contribution is 2.11. The minimum Gasteiger partial charge on any atom is -0.503 e. The Morgan fingerprint density at radius 1 is 1.29 bits per heavy atom. The summed E-state index contributed by atoms with van der Waals surface area (Å²) in [5, 5.41) is 9.64. The Labute approximate surface area is 125 Å². The van der Waals surface area contributed by atoms with E-state index in [2.05, 4.69) is 16.8 Å². The van der Waals surface area contributed by atoms with Gasteiger partial charge in [0, 0.05) is 64.7 Å². The third-order valence-corrected chi connectivity index (χ3v) is 3.93. The average Bonchev–Trinajstić information content (AvgIpc) is 2.46. The second-order valence-corrected chi connectivity index (χ2v) is 5.63. The molecule has 0 unspecified atom stereocenters. The summed E-state index contributed by atoms with van der Waals surface area (Å²) >= 11 is 0. The fraction of sp³-hybridized carbons (Fsp3) is 0.667. The number of nitrogens with zero attached hydrogens (tertiary/aromatic N) is 3. The lowest BCUT2D eigenvalue weighted by Gasteiger charge is -2.32. The van der Waals surface area contributed by atoms with Gasteiger partial charge in [0.05, 0.1) is 6.20 Å². The van der Waals surface area contributed by atoms with Gasteiger partial charge in [-0.05, 0) is 13.5 Å². The first kappa shape index (κ1) is 16.0. The standard InChI is InChI=1S/C15H25N3O3/c1-16-5-7-17(8-6-16)11-13-10-14(19)15(20)12-18(13)4-3-9-21-2/h10,12,20H,3-9,11H2,1-2H3. The van der Waals surface area contributed by atoms with Crippen molar-refractivity contribution >= 4 is 0 Å². The molecule has 1 N–H and O–H groups in total. The Kier molecular flexibility index (Phi) is 5.78. The van der Waals surface area contributed by atoms with Gasteiger partial charge in [0.15, 0.2) is 5.75 Å². The van der Waals surface area contributed by atoms with E-state index in [9.17, 15) is 9.90 Å². The highest BCUT2D eigenvalue weighted by atomic mass is 16.5. The second-order valence-electron chi connectivity index (χ2n) is 5.63. The number of rotatable bonds is 6. The van der Waals surface area contributed by atoms with E-state index in [1.807, 2.05) is 4.57 Å². The molecule has 21 heavy (non-hydrogen) atoms. The van der Waals surface area contributed by atoms with Crippen molar-refractivity contribution in [2.75, 3.05) is 46.9 Å². The Bertz CT molecular complexity index is 507. The summed E-state index contributed by atoms with van der Waals surface area (Å²) in [4.78, 5) is 16.4. The first-order valence-corrected chi connectivity index (χ1v) is 7.42. The van der Waals surface area contributed by atoms with Gasteiger partial charge in [-0.3, -0.25) is 9.69 Å². The molecule has 2 rings (SSSR count). The quantitative estimate of drug-likeness (QED) is 0.767. The largest absolute Gasteiger partial charge is 0.503 e. The first-order valence-electron chi connectivity index (χ1n) is 7.42. The number of pyridine rings is 1. The molecular weight excluding hydrogens is 270 g/mol. The summed E-state index contributed by atoms with van der Waals surface area (Å²) in [5.41, 5.74) is 0.653. The average molecular weight is 295 g/mol. The lowest BCUT2D eigenvalue weighted by Crippen LogP contribution is -2.44. The van der Waals surface area contributed by atoms with Gasteiger partial charge in [-0.25, -0.2) is 0 Å². The summed E-state index contributed by atoms with van der Waals surface area (Å²) < 4.78 is 7.03. The van der Waals surface area contributed by atoms with Crippen molar-refractivity contribution in [3.63, 3.8) is 0 Å². The van der Waals surface area contributed by atoms with E-state index in [0.29, 0.717) is 6.61 Å². The van der Waals surface area contributed by atoms with E-state index < -0.39 is 0 Å². The van der Waals surface area contributed by atoms with Crippen LogP contribution in [0.2, 0.25) is 0 Å². The number of aryl methyl sites for hydroxylation is 1. The molecule has 0 spiro atoms. The van der Waals surface area contributed by atoms with Crippen LogP contribution in [0.25, 0.3) is 0 Å². The molecular formula is C15H25N3O3. The molecule has 0 aromatic carbocycles. The number of hydrogen-bond donors (Lipinski definition) is 1. The van der Waals surface area contributed by atoms with E-state index in [0.717, 1.165) is 51.4 Å². The molecule has 0 aliphatic carbocycles. The molecule has 118 valence electrons. The fourth-order valence-electron chi connectivity index (χ4n) is 2.56. The van der Waals surface area contributed by atoms with Crippen LogP contribution in [0.4, 0.5) is 0 Å². The van der Waals surface area contributed by atoms with Crippen LogP contribution in [-0.4, -0.2) is 66.4 Å². The van der Waals surface area contributed by atoms with Crippen molar-refractivity contribution in [3.05, 3.63) is 28.2 Å². The molecule has 0 saturated carbocycles. The third-order valence-electron chi connectivity index (χ3n) is 3.93. The molecule has 6 nitrogen and oxygen atoms in total. The maximum Gasteiger partial charge on any atom is 0.223 e. The molecule has 0 radical (unpaired) electrons.